The molecule has 27 heavy (non-hydrogen) atoms. The molecular weight excluding hydrogens is 346 g/mol. The summed E-state index contributed by atoms with van der Waals surface area (Å²) >= 11 is 0. The molecule has 0 spiro atoms. The molecule has 0 saturated heterocycles. The van der Waals surface area contributed by atoms with E-state index in [0.29, 0.717) is 11.5 Å². The number of rotatable bonds is 9. The normalized spacial score (nSPS) is 12.8. The van der Waals surface area contributed by atoms with Gasteiger partial charge in [0.15, 0.2) is 11.5 Å². The lowest BCUT2D eigenvalue weighted by molar-refractivity contribution is 0.0357. The Balaban J connectivity index is 2.29. The van der Waals surface area contributed by atoms with Crippen LogP contribution in [0.5, 0.6) is 17.2 Å². The molecular formula is C21H27NO5. The van der Waals surface area contributed by atoms with Crippen LogP contribution in [0.3, 0.4) is 0 Å². The number of ether oxygens (including phenoxy) is 4. The van der Waals surface area contributed by atoms with Gasteiger partial charge in [0.05, 0.1) is 26.9 Å². The van der Waals surface area contributed by atoms with Crippen LogP contribution in [-0.2, 0) is 10.3 Å². The van der Waals surface area contributed by atoms with Gasteiger partial charge in [-0.25, -0.2) is 4.79 Å². The van der Waals surface area contributed by atoms with Crippen molar-refractivity contribution >= 4 is 5.97 Å². The van der Waals surface area contributed by atoms with E-state index in [1.165, 1.54) is 21.3 Å². The minimum Gasteiger partial charge on any atom is -0.493 e. The third-order valence-corrected chi connectivity index (χ3v) is 4.78. The molecule has 0 aliphatic carbocycles. The van der Waals surface area contributed by atoms with Crippen LogP contribution in [0.4, 0.5) is 0 Å². The second kappa shape index (κ2) is 9.28. The maximum absolute atomic E-state index is 12.8. The average molecular weight is 373 g/mol. The molecule has 2 rings (SSSR count). The zero-order chi connectivity index (χ0) is 19.9. The minimum atomic E-state index is -0.489. The van der Waals surface area contributed by atoms with Gasteiger partial charge in [0.2, 0.25) is 5.75 Å². The molecule has 0 saturated carbocycles. The third kappa shape index (κ3) is 4.17. The highest BCUT2D eigenvalue weighted by Gasteiger charge is 2.31. The van der Waals surface area contributed by atoms with Gasteiger partial charge in [0, 0.05) is 0 Å². The van der Waals surface area contributed by atoms with Gasteiger partial charge < -0.3 is 24.3 Å². The number of methoxy groups -OCH3 is 3. The number of hydrogen-bond donors (Lipinski definition) is 1. The SMILES string of the molecule is CC[C@](COC(=O)c1ccc(OC)c(OC)c1OC)(NC)c1ccccc1. The van der Waals surface area contributed by atoms with Crippen LogP contribution >= 0.6 is 0 Å². The minimum absolute atomic E-state index is 0.181. The summed E-state index contributed by atoms with van der Waals surface area (Å²) in [6.07, 6.45) is 0.754. The van der Waals surface area contributed by atoms with Gasteiger partial charge in [-0.15, -0.1) is 0 Å². The van der Waals surface area contributed by atoms with E-state index in [4.69, 9.17) is 18.9 Å². The zero-order valence-corrected chi connectivity index (χ0v) is 16.5. The van der Waals surface area contributed by atoms with Crippen LogP contribution in [0.25, 0.3) is 0 Å². The highest BCUT2D eigenvalue weighted by molar-refractivity contribution is 5.94. The third-order valence-electron chi connectivity index (χ3n) is 4.78. The summed E-state index contributed by atoms with van der Waals surface area (Å²) in [5.74, 6) is 0.631. The summed E-state index contributed by atoms with van der Waals surface area (Å²) in [5.41, 5.74) is 0.868. The Kier molecular flexibility index (Phi) is 7.07. The van der Waals surface area contributed by atoms with E-state index >= 15 is 0 Å². The van der Waals surface area contributed by atoms with E-state index in [0.717, 1.165) is 12.0 Å². The van der Waals surface area contributed by atoms with Gasteiger partial charge in [0.25, 0.3) is 0 Å². The predicted octanol–water partition coefficient (Wildman–Crippen LogP) is 3.39. The molecule has 0 unspecified atom stereocenters. The van der Waals surface area contributed by atoms with Crippen molar-refractivity contribution in [3.63, 3.8) is 0 Å². The molecule has 0 heterocycles. The molecule has 1 atom stereocenters. The first kappa shape index (κ1) is 20.6. The van der Waals surface area contributed by atoms with Crippen LogP contribution in [0.1, 0.15) is 29.3 Å². The van der Waals surface area contributed by atoms with Crippen molar-refractivity contribution in [2.75, 3.05) is 35.0 Å². The first-order valence-electron chi connectivity index (χ1n) is 8.77. The molecule has 2 aromatic rings. The first-order valence-corrected chi connectivity index (χ1v) is 8.77. The quantitative estimate of drug-likeness (QED) is 0.680. The standard InChI is InChI=1S/C21H27NO5/c1-6-21(22-2,15-10-8-7-9-11-15)14-27-20(23)16-12-13-17(24-3)19(26-5)18(16)25-4/h7-13,22H,6,14H2,1-5H3/t21-/m1/s1. The smallest absolute Gasteiger partial charge is 0.342 e. The van der Waals surface area contributed by atoms with E-state index in [1.54, 1.807) is 12.1 Å². The number of esters is 1. The van der Waals surface area contributed by atoms with E-state index in [-0.39, 0.29) is 17.9 Å². The number of nitrogens with one attached hydrogen (secondary N) is 1. The van der Waals surface area contributed by atoms with E-state index in [9.17, 15) is 4.79 Å². The Hall–Kier alpha value is -2.73. The average Bonchev–Trinajstić information content (AvgIpc) is 2.74. The number of likely N-dealkylation sites (N-methyl/N-ethyl adjacent to an activating group) is 1. The summed E-state index contributed by atoms with van der Waals surface area (Å²) < 4.78 is 21.6. The molecule has 0 amide bonds. The fourth-order valence-corrected chi connectivity index (χ4v) is 3.07. The second-order valence-corrected chi connectivity index (χ2v) is 6.01. The summed E-state index contributed by atoms with van der Waals surface area (Å²) in [7, 11) is 6.36. The number of carbonyl (C=O) groups excluding carboxylic acids is 1. The van der Waals surface area contributed by atoms with Gasteiger partial charge in [0.1, 0.15) is 12.2 Å². The topological polar surface area (TPSA) is 66.0 Å². The Labute approximate surface area is 160 Å². The highest BCUT2D eigenvalue weighted by Crippen LogP contribution is 2.40. The van der Waals surface area contributed by atoms with Crippen molar-refractivity contribution < 1.29 is 23.7 Å². The van der Waals surface area contributed by atoms with Crippen LogP contribution in [-0.4, -0.2) is 41.0 Å². The maximum Gasteiger partial charge on any atom is 0.342 e. The van der Waals surface area contributed by atoms with E-state index in [1.807, 2.05) is 44.3 Å². The summed E-state index contributed by atoms with van der Waals surface area (Å²) in [6, 6.07) is 13.2. The molecule has 2 aromatic carbocycles. The molecule has 1 N–H and O–H groups in total. The number of carbonyl (C=O) groups is 1. The highest BCUT2D eigenvalue weighted by atomic mass is 16.5. The molecule has 146 valence electrons. The van der Waals surface area contributed by atoms with Gasteiger partial charge in [-0.1, -0.05) is 37.3 Å². The second-order valence-electron chi connectivity index (χ2n) is 6.01. The van der Waals surface area contributed by atoms with Gasteiger partial charge in [-0.2, -0.15) is 0 Å². The largest absolute Gasteiger partial charge is 0.493 e. The van der Waals surface area contributed by atoms with Crippen LogP contribution < -0.4 is 19.5 Å². The molecule has 0 bridgehead atoms. The predicted molar refractivity (Wildman–Crippen MR) is 104 cm³/mol. The van der Waals surface area contributed by atoms with Crippen molar-refractivity contribution in [3.8, 4) is 17.2 Å². The fourth-order valence-electron chi connectivity index (χ4n) is 3.07. The number of benzene rings is 2. The summed E-state index contributed by atoms with van der Waals surface area (Å²) in [5, 5.41) is 3.30. The van der Waals surface area contributed by atoms with Gasteiger partial charge >= 0.3 is 5.97 Å². The zero-order valence-electron chi connectivity index (χ0n) is 16.5. The molecule has 0 radical (unpaired) electrons. The van der Waals surface area contributed by atoms with Crippen molar-refractivity contribution in [3.05, 3.63) is 53.6 Å². The number of hydrogen-bond acceptors (Lipinski definition) is 6. The van der Waals surface area contributed by atoms with Crippen molar-refractivity contribution in [2.24, 2.45) is 0 Å². The Morgan fingerprint density at radius 1 is 0.963 bits per heavy atom. The fraction of sp³-hybridized carbons (Fsp3) is 0.381. The monoisotopic (exact) mass is 373 g/mol. The van der Waals surface area contributed by atoms with E-state index < -0.39 is 11.5 Å². The molecule has 6 nitrogen and oxygen atoms in total. The molecule has 0 aliphatic heterocycles. The van der Waals surface area contributed by atoms with Crippen molar-refractivity contribution in [1.29, 1.82) is 0 Å². The molecule has 6 heteroatoms. The summed E-state index contributed by atoms with van der Waals surface area (Å²) in [4.78, 5) is 12.8. The van der Waals surface area contributed by atoms with Crippen LogP contribution in [0.15, 0.2) is 42.5 Å². The summed E-state index contributed by atoms with van der Waals surface area (Å²) in [6.45, 7) is 2.23. The van der Waals surface area contributed by atoms with Crippen molar-refractivity contribution in [2.45, 2.75) is 18.9 Å². The Bertz CT molecular complexity index is 757. The Morgan fingerprint density at radius 2 is 1.63 bits per heavy atom. The van der Waals surface area contributed by atoms with Crippen LogP contribution in [0.2, 0.25) is 0 Å². The molecule has 0 fully saturated rings. The lowest BCUT2D eigenvalue weighted by Crippen LogP contribution is -2.44. The molecule has 0 aromatic heterocycles. The van der Waals surface area contributed by atoms with Gasteiger partial charge in [-0.3, -0.25) is 0 Å². The lowest BCUT2D eigenvalue weighted by Gasteiger charge is -2.32. The van der Waals surface area contributed by atoms with Gasteiger partial charge in [-0.05, 0) is 31.2 Å². The Morgan fingerprint density at radius 3 is 2.15 bits per heavy atom. The van der Waals surface area contributed by atoms with Crippen molar-refractivity contribution in [1.82, 2.24) is 5.32 Å². The van der Waals surface area contributed by atoms with E-state index in [2.05, 4.69) is 5.32 Å². The lowest BCUT2D eigenvalue weighted by atomic mass is 9.88. The maximum atomic E-state index is 12.8. The molecule has 0 aliphatic rings. The first-order chi connectivity index (χ1) is 13.1. The van der Waals surface area contributed by atoms with Crippen LogP contribution in [0, 0.1) is 0 Å².